The number of nitriles is 1. The molecule has 6 nitrogen and oxygen atoms in total. The molecule has 2 N–H and O–H groups in total. The number of thiophene rings is 1. The van der Waals surface area contributed by atoms with Gasteiger partial charge in [-0.2, -0.15) is 5.26 Å². The molecule has 0 spiro atoms. The van der Waals surface area contributed by atoms with Crippen molar-refractivity contribution in [2.45, 2.75) is 112 Å². The number of nitrogens with two attached hydrogens (primary N) is 1. The summed E-state index contributed by atoms with van der Waals surface area (Å²) in [6.07, 6.45) is 13.9. The number of anilines is 1. The second-order valence-electron chi connectivity index (χ2n) is 11.8. The summed E-state index contributed by atoms with van der Waals surface area (Å²) >= 11 is 3.05. The van der Waals surface area contributed by atoms with Gasteiger partial charge in [0.05, 0.1) is 16.1 Å². The van der Waals surface area contributed by atoms with Crippen molar-refractivity contribution in [2.75, 3.05) is 18.0 Å². The van der Waals surface area contributed by atoms with Gasteiger partial charge in [0, 0.05) is 35.9 Å². The Bertz CT molecular complexity index is 1300. The number of aryl methyl sites for hydroxylation is 1. The molecular formula is C35H52N6S2. The van der Waals surface area contributed by atoms with E-state index in [0.29, 0.717) is 22.4 Å². The smallest absolute Gasteiger partial charge is 0.157 e. The second-order valence-corrected chi connectivity index (χ2v) is 13.9. The van der Waals surface area contributed by atoms with Crippen LogP contribution in [-0.4, -0.2) is 18.1 Å². The summed E-state index contributed by atoms with van der Waals surface area (Å²) in [5.74, 6) is 1.41. The van der Waals surface area contributed by atoms with Gasteiger partial charge in [0.2, 0.25) is 0 Å². The van der Waals surface area contributed by atoms with Gasteiger partial charge < -0.3 is 10.6 Å². The Hall–Kier alpha value is -2.60. The largest absolute Gasteiger partial charge is 0.371 e. The van der Waals surface area contributed by atoms with Crippen LogP contribution in [0.15, 0.2) is 40.7 Å². The quantitative estimate of drug-likeness (QED) is 0.135. The predicted octanol–water partition coefficient (Wildman–Crippen LogP) is 11.5. The Kier molecular flexibility index (Phi) is 14.8. The lowest BCUT2D eigenvalue weighted by Crippen LogP contribution is -2.34. The van der Waals surface area contributed by atoms with Crippen LogP contribution in [0.2, 0.25) is 0 Å². The van der Waals surface area contributed by atoms with Crippen LogP contribution in [0.25, 0.3) is 9.88 Å². The van der Waals surface area contributed by atoms with E-state index in [0.717, 1.165) is 51.9 Å². The van der Waals surface area contributed by atoms with Crippen molar-refractivity contribution >= 4 is 39.0 Å². The molecule has 3 unspecified atom stereocenters. The molecule has 0 saturated heterocycles. The highest BCUT2D eigenvalue weighted by atomic mass is 32.1. The Morgan fingerprint density at radius 1 is 0.907 bits per heavy atom. The van der Waals surface area contributed by atoms with Gasteiger partial charge in [-0.1, -0.05) is 79.6 Å². The van der Waals surface area contributed by atoms with Gasteiger partial charge in [0.15, 0.2) is 5.00 Å². The van der Waals surface area contributed by atoms with Gasteiger partial charge in [-0.15, -0.1) is 32.9 Å². The lowest BCUT2D eigenvalue weighted by Gasteiger charge is -2.33. The van der Waals surface area contributed by atoms with E-state index in [2.05, 4.69) is 85.9 Å². The summed E-state index contributed by atoms with van der Waals surface area (Å²) in [5, 5.41) is 20.4. The number of aromatic nitrogens is 1. The van der Waals surface area contributed by atoms with Gasteiger partial charge in [-0.05, 0) is 67.9 Å². The number of rotatable bonds is 19. The molecule has 43 heavy (non-hydrogen) atoms. The molecule has 234 valence electrons. The molecule has 0 radical (unpaired) electrons. The maximum absolute atomic E-state index is 9.80. The van der Waals surface area contributed by atoms with Gasteiger partial charge in [0.1, 0.15) is 11.1 Å². The maximum Gasteiger partial charge on any atom is 0.157 e. The van der Waals surface area contributed by atoms with Crippen LogP contribution >= 0.6 is 22.7 Å². The third-order valence-corrected chi connectivity index (χ3v) is 10.7. The highest BCUT2D eigenvalue weighted by Gasteiger charge is 2.19. The van der Waals surface area contributed by atoms with E-state index in [1.165, 1.54) is 68.4 Å². The third kappa shape index (κ3) is 10.2. The van der Waals surface area contributed by atoms with E-state index in [1.807, 2.05) is 12.3 Å². The lowest BCUT2D eigenvalue weighted by molar-refractivity contribution is 0.403. The predicted molar refractivity (Wildman–Crippen MR) is 186 cm³/mol. The summed E-state index contributed by atoms with van der Waals surface area (Å²) in [6.45, 7) is 15.7. The molecule has 3 aromatic rings. The van der Waals surface area contributed by atoms with Gasteiger partial charge >= 0.3 is 0 Å². The van der Waals surface area contributed by atoms with Crippen molar-refractivity contribution in [3.63, 3.8) is 0 Å². The van der Waals surface area contributed by atoms with Crippen LogP contribution in [-0.2, 0) is 0 Å². The zero-order chi connectivity index (χ0) is 31.2. The molecule has 1 aromatic carbocycles. The first-order chi connectivity index (χ1) is 20.9. The molecule has 0 bridgehead atoms. The molecule has 2 aromatic heterocycles. The monoisotopic (exact) mass is 620 g/mol. The van der Waals surface area contributed by atoms with Crippen LogP contribution in [0.5, 0.6) is 0 Å². The summed E-state index contributed by atoms with van der Waals surface area (Å²) < 4.78 is 0. The number of nitrogens with zero attached hydrogens (tertiary/aromatic N) is 5. The van der Waals surface area contributed by atoms with Gasteiger partial charge in [0.25, 0.3) is 0 Å². The molecule has 0 fully saturated rings. The third-order valence-electron chi connectivity index (χ3n) is 8.37. The van der Waals surface area contributed by atoms with Crippen LogP contribution in [0, 0.1) is 30.1 Å². The van der Waals surface area contributed by atoms with Crippen LogP contribution in [0.3, 0.4) is 0 Å². The average Bonchev–Trinajstić information content (AvgIpc) is 3.67. The Labute approximate surface area is 268 Å². The molecule has 8 heteroatoms. The van der Waals surface area contributed by atoms with E-state index in [1.54, 1.807) is 11.3 Å². The Morgan fingerprint density at radius 3 is 2.14 bits per heavy atom. The fourth-order valence-electron chi connectivity index (χ4n) is 5.46. The first-order valence-electron chi connectivity index (χ1n) is 16.4. The van der Waals surface area contributed by atoms with Crippen molar-refractivity contribution < 1.29 is 0 Å². The molecule has 0 aliphatic heterocycles. The minimum absolute atomic E-state index is 0.000996. The molecule has 2 heterocycles. The molecule has 0 saturated carbocycles. The number of benzene rings is 1. The average molecular weight is 621 g/mol. The Balaban J connectivity index is 1.83. The van der Waals surface area contributed by atoms with Crippen LogP contribution in [0.4, 0.5) is 16.4 Å². The van der Waals surface area contributed by atoms with E-state index < -0.39 is 0 Å². The fraction of sp³-hybridized carbons (Fsp3) is 0.600. The zero-order valence-corrected chi connectivity index (χ0v) is 28.9. The molecule has 0 amide bonds. The van der Waals surface area contributed by atoms with Crippen molar-refractivity contribution in [3.8, 4) is 16.0 Å². The van der Waals surface area contributed by atoms with Crippen LogP contribution < -0.4 is 10.6 Å². The van der Waals surface area contributed by atoms with Crippen molar-refractivity contribution in [1.82, 2.24) is 4.98 Å². The topological polar surface area (TPSA) is 90.7 Å². The van der Waals surface area contributed by atoms with Crippen molar-refractivity contribution in [2.24, 2.45) is 27.8 Å². The standard InChI is InChI=1S/C35H52N6S2/c1-7-12-15-26(10-4)23-41(24-27(11-5)16-13-8-2)29-17-18-31(25(6)19-29)39-40-34-28(21-36)20-32(42-34)35-38-22-33(43-35)30(37)14-9-3/h17-20,22,26-27,30H,7-16,23-24,37H2,1-6H3. The minimum atomic E-state index is 0.000996. The number of hydrogen-bond donors (Lipinski definition) is 1. The summed E-state index contributed by atoms with van der Waals surface area (Å²) in [6, 6.07) is 10.7. The molecule has 0 aliphatic carbocycles. The van der Waals surface area contributed by atoms with E-state index in [9.17, 15) is 5.26 Å². The number of azo groups is 1. The lowest BCUT2D eigenvalue weighted by atomic mass is 9.95. The van der Waals surface area contributed by atoms with E-state index >= 15 is 0 Å². The van der Waals surface area contributed by atoms with E-state index in [-0.39, 0.29) is 6.04 Å². The highest BCUT2D eigenvalue weighted by molar-refractivity contribution is 7.24. The zero-order valence-electron chi connectivity index (χ0n) is 27.2. The molecule has 0 aliphatic rings. The number of hydrogen-bond acceptors (Lipinski definition) is 8. The van der Waals surface area contributed by atoms with Gasteiger partial charge in [-0.3, -0.25) is 0 Å². The Morgan fingerprint density at radius 2 is 1.58 bits per heavy atom. The first-order valence-corrected chi connectivity index (χ1v) is 18.0. The summed E-state index contributed by atoms with van der Waals surface area (Å²) in [7, 11) is 0. The molecule has 3 atom stereocenters. The van der Waals surface area contributed by atoms with Crippen molar-refractivity contribution in [1.29, 1.82) is 5.26 Å². The summed E-state index contributed by atoms with van der Waals surface area (Å²) in [5.41, 5.74) is 10.0. The minimum Gasteiger partial charge on any atom is -0.371 e. The maximum atomic E-state index is 9.80. The number of thiazole rings is 1. The fourth-order valence-corrected chi connectivity index (χ4v) is 7.39. The SMILES string of the molecule is CCCCC(CC)CN(CC(CC)CCCC)c1ccc(N=Nc2sc(-c3ncc(C(N)CCC)s3)cc2C#N)c(C)c1. The normalized spacial score (nSPS) is 13.7. The highest BCUT2D eigenvalue weighted by Crippen LogP contribution is 2.40. The van der Waals surface area contributed by atoms with E-state index in [4.69, 9.17) is 5.73 Å². The molecule has 3 rings (SSSR count). The number of unbranched alkanes of at least 4 members (excludes halogenated alkanes) is 2. The summed E-state index contributed by atoms with van der Waals surface area (Å²) in [4.78, 5) is 9.22. The van der Waals surface area contributed by atoms with Crippen molar-refractivity contribution in [3.05, 3.63) is 46.5 Å². The van der Waals surface area contributed by atoms with Gasteiger partial charge in [-0.25, -0.2) is 4.98 Å². The molecular weight excluding hydrogens is 569 g/mol. The second kappa shape index (κ2) is 18.3. The van der Waals surface area contributed by atoms with Crippen LogP contribution in [0.1, 0.15) is 121 Å². The first kappa shape index (κ1) is 34.9.